The highest BCUT2D eigenvalue weighted by Crippen LogP contribution is 2.20. The van der Waals surface area contributed by atoms with Gasteiger partial charge in [0.05, 0.1) is 12.7 Å². The fourth-order valence-electron chi connectivity index (χ4n) is 3.12. The molecule has 0 aliphatic carbocycles. The number of hydrogen-bond donors (Lipinski definition) is 0. The molecule has 0 unspecified atom stereocenters. The summed E-state index contributed by atoms with van der Waals surface area (Å²) in [5, 5.41) is 0. The van der Waals surface area contributed by atoms with Crippen LogP contribution in [-0.4, -0.2) is 54.9 Å². The number of rotatable bonds is 3. The predicted molar refractivity (Wildman–Crippen MR) is 95.8 cm³/mol. The standard InChI is InChI=1S/C20H21FN2O3/c1-26-18-9-3-2-8-17(18)20(25)23-11-5-10-22(12-13-23)19(24)15-6-4-7-16(21)14-15/h2-4,6-9,14H,5,10-13H2,1H3. The molecular weight excluding hydrogens is 335 g/mol. The van der Waals surface area contributed by atoms with Gasteiger partial charge in [-0.15, -0.1) is 0 Å². The molecule has 1 aliphatic rings. The molecule has 0 N–H and O–H groups in total. The monoisotopic (exact) mass is 356 g/mol. The molecule has 0 aromatic heterocycles. The molecule has 2 aromatic carbocycles. The topological polar surface area (TPSA) is 49.9 Å². The maximum atomic E-state index is 13.4. The molecule has 0 bridgehead atoms. The number of ether oxygens (including phenoxy) is 1. The number of halogens is 1. The van der Waals surface area contributed by atoms with Gasteiger partial charge < -0.3 is 14.5 Å². The minimum Gasteiger partial charge on any atom is -0.496 e. The fraction of sp³-hybridized carbons (Fsp3) is 0.300. The first kappa shape index (κ1) is 17.9. The number of hydrogen-bond acceptors (Lipinski definition) is 3. The Labute approximate surface area is 152 Å². The zero-order valence-corrected chi connectivity index (χ0v) is 14.7. The Morgan fingerprint density at radius 2 is 1.62 bits per heavy atom. The third-order valence-electron chi connectivity index (χ3n) is 4.48. The lowest BCUT2D eigenvalue weighted by Crippen LogP contribution is -2.37. The van der Waals surface area contributed by atoms with Crippen molar-refractivity contribution >= 4 is 11.8 Å². The average Bonchev–Trinajstić information content (AvgIpc) is 2.93. The van der Waals surface area contributed by atoms with Gasteiger partial charge in [0.1, 0.15) is 11.6 Å². The summed E-state index contributed by atoms with van der Waals surface area (Å²) in [6, 6.07) is 12.8. The van der Waals surface area contributed by atoms with Crippen LogP contribution in [0.15, 0.2) is 48.5 Å². The second-order valence-corrected chi connectivity index (χ2v) is 6.15. The van der Waals surface area contributed by atoms with Crippen LogP contribution in [0.2, 0.25) is 0 Å². The normalized spacial score (nSPS) is 14.7. The van der Waals surface area contributed by atoms with Crippen molar-refractivity contribution in [2.45, 2.75) is 6.42 Å². The minimum atomic E-state index is -0.432. The smallest absolute Gasteiger partial charge is 0.257 e. The molecule has 1 aliphatic heterocycles. The summed E-state index contributed by atoms with van der Waals surface area (Å²) < 4.78 is 18.6. The van der Waals surface area contributed by atoms with Crippen LogP contribution in [0.5, 0.6) is 5.75 Å². The Morgan fingerprint density at radius 1 is 0.923 bits per heavy atom. The van der Waals surface area contributed by atoms with Crippen molar-refractivity contribution in [1.29, 1.82) is 0 Å². The highest BCUT2D eigenvalue weighted by Gasteiger charge is 2.25. The number of nitrogens with zero attached hydrogens (tertiary/aromatic N) is 2. The first-order valence-corrected chi connectivity index (χ1v) is 8.57. The first-order valence-electron chi connectivity index (χ1n) is 8.57. The van der Waals surface area contributed by atoms with Crippen LogP contribution >= 0.6 is 0 Å². The third kappa shape index (κ3) is 3.85. The molecular formula is C20H21FN2O3. The van der Waals surface area contributed by atoms with Gasteiger partial charge in [0.2, 0.25) is 0 Å². The van der Waals surface area contributed by atoms with Crippen molar-refractivity contribution in [3.63, 3.8) is 0 Å². The molecule has 2 amide bonds. The number of benzene rings is 2. The van der Waals surface area contributed by atoms with E-state index in [1.165, 1.54) is 25.3 Å². The first-order chi connectivity index (χ1) is 12.6. The van der Waals surface area contributed by atoms with Crippen LogP contribution in [0.3, 0.4) is 0 Å². The molecule has 1 saturated heterocycles. The van der Waals surface area contributed by atoms with Gasteiger partial charge in [0.25, 0.3) is 11.8 Å². The van der Waals surface area contributed by atoms with Crippen LogP contribution in [-0.2, 0) is 0 Å². The second-order valence-electron chi connectivity index (χ2n) is 6.15. The number of amides is 2. The Kier molecular flexibility index (Phi) is 5.51. The van der Waals surface area contributed by atoms with E-state index in [1.54, 1.807) is 34.1 Å². The van der Waals surface area contributed by atoms with Gasteiger partial charge in [-0.3, -0.25) is 9.59 Å². The molecule has 1 heterocycles. The van der Waals surface area contributed by atoms with E-state index in [0.717, 1.165) is 0 Å². The third-order valence-corrected chi connectivity index (χ3v) is 4.48. The summed E-state index contributed by atoms with van der Waals surface area (Å²) in [4.78, 5) is 28.8. The molecule has 6 heteroatoms. The van der Waals surface area contributed by atoms with Crippen LogP contribution in [0, 0.1) is 5.82 Å². The van der Waals surface area contributed by atoms with Gasteiger partial charge in [-0.1, -0.05) is 18.2 Å². The van der Waals surface area contributed by atoms with Gasteiger partial charge in [-0.25, -0.2) is 4.39 Å². The van der Waals surface area contributed by atoms with Gasteiger partial charge in [-0.2, -0.15) is 0 Å². The number of para-hydroxylation sites is 1. The van der Waals surface area contributed by atoms with E-state index in [9.17, 15) is 14.0 Å². The quantitative estimate of drug-likeness (QED) is 0.850. The average molecular weight is 356 g/mol. The van der Waals surface area contributed by atoms with E-state index in [4.69, 9.17) is 4.74 Å². The maximum absolute atomic E-state index is 13.4. The van der Waals surface area contributed by atoms with E-state index in [0.29, 0.717) is 49.5 Å². The van der Waals surface area contributed by atoms with E-state index in [-0.39, 0.29) is 11.8 Å². The van der Waals surface area contributed by atoms with Crippen LogP contribution in [0.4, 0.5) is 4.39 Å². The fourth-order valence-corrected chi connectivity index (χ4v) is 3.12. The molecule has 2 aromatic rings. The lowest BCUT2D eigenvalue weighted by molar-refractivity contribution is 0.0716. The molecule has 0 spiro atoms. The van der Waals surface area contributed by atoms with E-state index in [1.807, 2.05) is 6.07 Å². The highest BCUT2D eigenvalue weighted by atomic mass is 19.1. The van der Waals surface area contributed by atoms with Gasteiger partial charge in [-0.05, 0) is 36.8 Å². The van der Waals surface area contributed by atoms with Crippen molar-refractivity contribution in [1.82, 2.24) is 9.80 Å². The van der Waals surface area contributed by atoms with Gasteiger partial charge >= 0.3 is 0 Å². The summed E-state index contributed by atoms with van der Waals surface area (Å²) in [6.45, 7) is 1.93. The molecule has 26 heavy (non-hydrogen) atoms. The van der Waals surface area contributed by atoms with Crippen molar-refractivity contribution < 1.29 is 18.7 Å². The van der Waals surface area contributed by atoms with Crippen LogP contribution < -0.4 is 4.74 Å². The second kappa shape index (κ2) is 7.99. The Balaban J connectivity index is 1.70. The molecule has 136 valence electrons. The van der Waals surface area contributed by atoms with Crippen molar-refractivity contribution in [3.8, 4) is 5.75 Å². The molecule has 0 saturated carbocycles. The molecule has 5 nitrogen and oxygen atoms in total. The largest absolute Gasteiger partial charge is 0.496 e. The van der Waals surface area contributed by atoms with Crippen molar-refractivity contribution in [2.75, 3.05) is 33.3 Å². The number of methoxy groups -OCH3 is 1. The SMILES string of the molecule is COc1ccccc1C(=O)N1CCCN(C(=O)c2cccc(F)c2)CC1. The molecule has 0 radical (unpaired) electrons. The van der Waals surface area contributed by atoms with Crippen molar-refractivity contribution in [2.24, 2.45) is 0 Å². The predicted octanol–water partition coefficient (Wildman–Crippen LogP) is 2.82. The summed E-state index contributed by atoms with van der Waals surface area (Å²) in [6.07, 6.45) is 0.669. The van der Waals surface area contributed by atoms with Gasteiger partial charge in [0, 0.05) is 31.7 Å². The highest BCUT2D eigenvalue weighted by molar-refractivity contribution is 5.97. The lowest BCUT2D eigenvalue weighted by atomic mass is 10.1. The number of carbonyl (C=O) groups excluding carboxylic acids is 2. The maximum Gasteiger partial charge on any atom is 0.257 e. The summed E-state index contributed by atoms with van der Waals surface area (Å²) in [5.41, 5.74) is 0.842. The van der Waals surface area contributed by atoms with E-state index < -0.39 is 5.82 Å². The summed E-state index contributed by atoms with van der Waals surface area (Å²) in [5.74, 6) is -0.216. The Bertz CT molecular complexity index is 809. The van der Waals surface area contributed by atoms with E-state index >= 15 is 0 Å². The van der Waals surface area contributed by atoms with E-state index in [2.05, 4.69) is 0 Å². The zero-order valence-electron chi connectivity index (χ0n) is 14.7. The molecule has 3 rings (SSSR count). The zero-order chi connectivity index (χ0) is 18.5. The Hall–Kier alpha value is -2.89. The lowest BCUT2D eigenvalue weighted by Gasteiger charge is -2.23. The van der Waals surface area contributed by atoms with Crippen LogP contribution in [0.1, 0.15) is 27.1 Å². The molecule has 0 atom stereocenters. The molecule has 1 fully saturated rings. The van der Waals surface area contributed by atoms with Crippen molar-refractivity contribution in [3.05, 3.63) is 65.5 Å². The summed E-state index contributed by atoms with van der Waals surface area (Å²) in [7, 11) is 1.54. The Morgan fingerprint density at radius 3 is 2.31 bits per heavy atom. The van der Waals surface area contributed by atoms with Gasteiger partial charge in [0.15, 0.2) is 0 Å². The minimum absolute atomic E-state index is 0.109. The summed E-state index contributed by atoms with van der Waals surface area (Å²) >= 11 is 0. The number of carbonyl (C=O) groups is 2. The van der Waals surface area contributed by atoms with Crippen LogP contribution in [0.25, 0.3) is 0 Å².